The van der Waals surface area contributed by atoms with Gasteiger partial charge in [-0.05, 0) is 44.2 Å². The quantitative estimate of drug-likeness (QED) is 0.844. The van der Waals surface area contributed by atoms with Gasteiger partial charge in [-0.3, -0.25) is 0 Å². The minimum atomic E-state index is 0.593. The van der Waals surface area contributed by atoms with E-state index in [4.69, 9.17) is 4.74 Å². The van der Waals surface area contributed by atoms with Gasteiger partial charge >= 0.3 is 0 Å². The van der Waals surface area contributed by atoms with Crippen LogP contribution in [-0.2, 0) is 11.2 Å². The van der Waals surface area contributed by atoms with Crippen LogP contribution in [0.2, 0.25) is 0 Å². The Kier molecular flexibility index (Phi) is 5.02. The van der Waals surface area contributed by atoms with Crippen LogP contribution in [-0.4, -0.2) is 26.3 Å². The monoisotopic (exact) mass is 233 g/mol. The number of hydrogen-bond acceptors (Lipinski definition) is 2. The Bertz CT molecular complexity index is 306. The van der Waals surface area contributed by atoms with Crippen molar-refractivity contribution in [3.8, 4) is 0 Å². The highest BCUT2D eigenvalue weighted by Gasteiger charge is 2.22. The van der Waals surface area contributed by atoms with Crippen LogP contribution in [0.25, 0.3) is 0 Å². The number of ether oxygens (including phenoxy) is 1. The average Bonchev–Trinajstić information content (AvgIpc) is 2.42. The Balaban J connectivity index is 1.82. The molecule has 2 heteroatoms. The average molecular weight is 233 g/mol. The van der Waals surface area contributed by atoms with E-state index in [1.807, 2.05) is 0 Å². The molecule has 0 aliphatic carbocycles. The Hall–Kier alpha value is -0.860. The highest BCUT2D eigenvalue weighted by atomic mass is 16.5. The summed E-state index contributed by atoms with van der Waals surface area (Å²) in [6.07, 6.45) is 4.88. The van der Waals surface area contributed by atoms with E-state index in [1.54, 1.807) is 0 Å². The lowest BCUT2D eigenvalue weighted by molar-refractivity contribution is 0.0392. The van der Waals surface area contributed by atoms with Gasteiger partial charge in [0, 0.05) is 12.6 Å². The highest BCUT2D eigenvalue weighted by Crippen LogP contribution is 2.20. The van der Waals surface area contributed by atoms with Gasteiger partial charge in [0.2, 0.25) is 0 Å². The van der Waals surface area contributed by atoms with Crippen molar-refractivity contribution in [1.29, 1.82) is 0 Å². The molecule has 0 radical (unpaired) electrons. The van der Waals surface area contributed by atoms with Gasteiger partial charge in [-0.1, -0.05) is 30.3 Å². The predicted octanol–water partition coefficient (Wildman–Crippen LogP) is 2.63. The molecule has 2 unspecified atom stereocenters. The second kappa shape index (κ2) is 6.77. The molecule has 0 saturated carbocycles. The summed E-state index contributed by atoms with van der Waals surface area (Å²) in [6, 6.07) is 11.3. The van der Waals surface area contributed by atoms with E-state index in [0.29, 0.717) is 12.0 Å². The van der Waals surface area contributed by atoms with Crippen molar-refractivity contribution < 1.29 is 4.74 Å². The van der Waals surface area contributed by atoms with Gasteiger partial charge in [-0.15, -0.1) is 0 Å². The Morgan fingerprint density at radius 1 is 1.35 bits per heavy atom. The third kappa shape index (κ3) is 3.83. The molecule has 1 N–H and O–H groups in total. The molecule has 1 heterocycles. The molecule has 1 saturated heterocycles. The van der Waals surface area contributed by atoms with Crippen LogP contribution < -0.4 is 5.32 Å². The van der Waals surface area contributed by atoms with Crippen molar-refractivity contribution in [2.75, 3.05) is 20.3 Å². The molecule has 2 rings (SSSR count). The van der Waals surface area contributed by atoms with Gasteiger partial charge in [-0.2, -0.15) is 0 Å². The first-order valence-corrected chi connectivity index (χ1v) is 6.69. The van der Waals surface area contributed by atoms with E-state index in [-0.39, 0.29) is 0 Å². The smallest absolute Gasteiger partial charge is 0.0509 e. The van der Waals surface area contributed by atoms with Crippen LogP contribution in [0.5, 0.6) is 0 Å². The zero-order valence-electron chi connectivity index (χ0n) is 10.7. The zero-order valence-corrected chi connectivity index (χ0v) is 10.7. The van der Waals surface area contributed by atoms with E-state index in [2.05, 4.69) is 42.7 Å². The van der Waals surface area contributed by atoms with Crippen LogP contribution >= 0.6 is 0 Å². The molecule has 1 aromatic rings. The van der Waals surface area contributed by atoms with Gasteiger partial charge in [-0.25, -0.2) is 0 Å². The lowest BCUT2D eigenvalue weighted by Gasteiger charge is -2.30. The van der Waals surface area contributed by atoms with Crippen molar-refractivity contribution in [3.05, 3.63) is 35.9 Å². The first-order chi connectivity index (χ1) is 8.40. The fourth-order valence-corrected chi connectivity index (χ4v) is 2.67. The van der Waals surface area contributed by atoms with Gasteiger partial charge in [0.15, 0.2) is 0 Å². The summed E-state index contributed by atoms with van der Waals surface area (Å²) in [5, 5.41) is 3.46. The van der Waals surface area contributed by atoms with E-state index in [0.717, 1.165) is 19.6 Å². The number of aryl methyl sites for hydroxylation is 1. The van der Waals surface area contributed by atoms with Gasteiger partial charge in [0.05, 0.1) is 6.61 Å². The summed E-state index contributed by atoms with van der Waals surface area (Å²) < 4.78 is 5.58. The van der Waals surface area contributed by atoms with Crippen LogP contribution in [0.1, 0.15) is 24.8 Å². The molecule has 94 valence electrons. The van der Waals surface area contributed by atoms with E-state index in [1.165, 1.54) is 24.8 Å². The first kappa shape index (κ1) is 12.6. The van der Waals surface area contributed by atoms with Crippen LogP contribution in [0, 0.1) is 5.92 Å². The Labute approximate surface area is 104 Å². The Morgan fingerprint density at radius 3 is 2.82 bits per heavy atom. The molecule has 0 bridgehead atoms. The van der Waals surface area contributed by atoms with Gasteiger partial charge < -0.3 is 10.1 Å². The SMILES string of the molecule is CNC(CCc1ccccc1)C1CCCOC1. The maximum Gasteiger partial charge on any atom is 0.0509 e. The third-order valence-electron chi connectivity index (χ3n) is 3.72. The summed E-state index contributed by atoms with van der Waals surface area (Å²) >= 11 is 0. The standard InChI is InChI=1S/C15H23NO/c1-16-15(14-8-5-11-17-12-14)10-9-13-6-3-2-4-7-13/h2-4,6-7,14-16H,5,8-12H2,1H3. The molecular formula is C15H23NO. The maximum atomic E-state index is 5.58. The van der Waals surface area contributed by atoms with Crippen molar-refractivity contribution >= 4 is 0 Å². The zero-order chi connectivity index (χ0) is 11.9. The lowest BCUT2D eigenvalue weighted by Crippen LogP contribution is -2.38. The van der Waals surface area contributed by atoms with Crippen molar-refractivity contribution in [2.24, 2.45) is 5.92 Å². The molecule has 1 aliphatic heterocycles. The fraction of sp³-hybridized carbons (Fsp3) is 0.600. The lowest BCUT2D eigenvalue weighted by atomic mass is 9.90. The molecule has 0 aromatic heterocycles. The second-order valence-electron chi connectivity index (χ2n) is 4.90. The number of rotatable bonds is 5. The van der Waals surface area contributed by atoms with Crippen molar-refractivity contribution in [1.82, 2.24) is 5.32 Å². The second-order valence-corrected chi connectivity index (χ2v) is 4.90. The fourth-order valence-electron chi connectivity index (χ4n) is 2.67. The van der Waals surface area contributed by atoms with Gasteiger partial charge in [0.1, 0.15) is 0 Å². The highest BCUT2D eigenvalue weighted by molar-refractivity contribution is 5.14. The molecule has 1 aromatic carbocycles. The van der Waals surface area contributed by atoms with E-state index in [9.17, 15) is 0 Å². The topological polar surface area (TPSA) is 21.3 Å². The third-order valence-corrected chi connectivity index (χ3v) is 3.72. The molecule has 2 atom stereocenters. The minimum Gasteiger partial charge on any atom is -0.381 e. The van der Waals surface area contributed by atoms with Gasteiger partial charge in [0.25, 0.3) is 0 Å². The number of hydrogen-bond donors (Lipinski definition) is 1. The molecule has 17 heavy (non-hydrogen) atoms. The maximum absolute atomic E-state index is 5.58. The molecular weight excluding hydrogens is 210 g/mol. The largest absolute Gasteiger partial charge is 0.381 e. The molecule has 1 aliphatic rings. The molecule has 2 nitrogen and oxygen atoms in total. The molecule has 1 fully saturated rings. The summed E-state index contributed by atoms with van der Waals surface area (Å²) in [7, 11) is 2.07. The van der Waals surface area contributed by atoms with Crippen LogP contribution in [0.3, 0.4) is 0 Å². The number of benzene rings is 1. The van der Waals surface area contributed by atoms with E-state index < -0.39 is 0 Å². The van der Waals surface area contributed by atoms with Crippen LogP contribution in [0.15, 0.2) is 30.3 Å². The summed E-state index contributed by atoms with van der Waals surface area (Å²) in [5.74, 6) is 0.692. The molecule has 0 spiro atoms. The summed E-state index contributed by atoms with van der Waals surface area (Å²) in [4.78, 5) is 0. The van der Waals surface area contributed by atoms with E-state index >= 15 is 0 Å². The normalized spacial score (nSPS) is 22.3. The predicted molar refractivity (Wildman–Crippen MR) is 71.2 cm³/mol. The van der Waals surface area contributed by atoms with Crippen molar-refractivity contribution in [3.63, 3.8) is 0 Å². The summed E-state index contributed by atoms with van der Waals surface area (Å²) in [6.45, 7) is 1.88. The Morgan fingerprint density at radius 2 is 2.18 bits per heavy atom. The molecule has 0 amide bonds. The number of nitrogens with one attached hydrogen (secondary N) is 1. The van der Waals surface area contributed by atoms with Crippen LogP contribution in [0.4, 0.5) is 0 Å². The summed E-state index contributed by atoms with van der Waals surface area (Å²) in [5.41, 5.74) is 1.43. The first-order valence-electron chi connectivity index (χ1n) is 6.69. The van der Waals surface area contributed by atoms with Crippen molar-refractivity contribution in [2.45, 2.75) is 31.7 Å². The minimum absolute atomic E-state index is 0.593.